The van der Waals surface area contributed by atoms with Crippen LogP contribution in [0.5, 0.6) is 0 Å². The van der Waals surface area contributed by atoms with Gasteiger partial charge in [0.05, 0.1) is 37.8 Å². The van der Waals surface area contributed by atoms with Crippen LogP contribution < -0.4 is 16.4 Å². The van der Waals surface area contributed by atoms with Crippen molar-refractivity contribution in [3.8, 4) is 0 Å². The number of morpholine rings is 1. The van der Waals surface area contributed by atoms with Gasteiger partial charge in [0.1, 0.15) is 6.04 Å². The highest BCUT2D eigenvalue weighted by molar-refractivity contribution is 7.80. The normalized spacial score (nSPS) is 17.3. The molecule has 4 N–H and O–H groups in total. The van der Waals surface area contributed by atoms with Gasteiger partial charge in [0.2, 0.25) is 5.91 Å². The maximum absolute atomic E-state index is 12.9. The molecule has 0 aromatic heterocycles. The maximum atomic E-state index is 12.9. The standard InChI is InChI=1S/C21H34N4O4S/c1-15(2)12-17(24-21(27)25-8-10-28-11-9-25)20(26)23-18(19(22)30)14-29-13-16-6-4-3-5-7-16/h3-7,15,17-19,30H,8-14,22H2,1-2H3,(H,23,26)(H,24,27)/t17-,18-,19?/m0/s1. The molecule has 1 unspecified atom stereocenters. The lowest BCUT2D eigenvalue weighted by Gasteiger charge is -2.30. The van der Waals surface area contributed by atoms with Crippen LogP contribution in [0, 0.1) is 5.92 Å². The molecule has 0 spiro atoms. The molecular formula is C21H34N4O4S. The molecule has 8 nitrogen and oxygen atoms in total. The second-order valence-corrected chi connectivity index (χ2v) is 8.43. The lowest BCUT2D eigenvalue weighted by molar-refractivity contribution is -0.124. The minimum atomic E-state index is -0.663. The molecule has 0 radical (unpaired) electrons. The Morgan fingerprint density at radius 1 is 1.20 bits per heavy atom. The number of hydrogen-bond donors (Lipinski definition) is 4. The smallest absolute Gasteiger partial charge is 0.318 e. The molecule has 0 bridgehead atoms. The molecule has 168 valence electrons. The van der Waals surface area contributed by atoms with Crippen molar-refractivity contribution in [2.24, 2.45) is 11.7 Å². The zero-order chi connectivity index (χ0) is 21.9. The molecule has 2 rings (SSSR count). The summed E-state index contributed by atoms with van der Waals surface area (Å²) < 4.78 is 11.0. The fraction of sp³-hybridized carbons (Fsp3) is 0.619. The molecule has 0 aliphatic carbocycles. The lowest BCUT2D eigenvalue weighted by Crippen LogP contribution is -2.57. The summed E-state index contributed by atoms with van der Waals surface area (Å²) in [5.41, 5.74) is 6.98. The van der Waals surface area contributed by atoms with Crippen molar-refractivity contribution >= 4 is 24.6 Å². The average molecular weight is 439 g/mol. The van der Waals surface area contributed by atoms with Gasteiger partial charge in [-0.3, -0.25) is 4.79 Å². The first kappa shape index (κ1) is 24.5. The number of carbonyl (C=O) groups is 2. The molecule has 1 heterocycles. The van der Waals surface area contributed by atoms with Gasteiger partial charge in [-0.1, -0.05) is 44.2 Å². The molecule has 1 aliphatic rings. The van der Waals surface area contributed by atoms with Crippen LogP contribution >= 0.6 is 12.6 Å². The number of rotatable bonds is 10. The predicted molar refractivity (Wildman–Crippen MR) is 119 cm³/mol. The number of carbonyl (C=O) groups excluding carboxylic acids is 2. The Labute approximate surface area is 184 Å². The second kappa shape index (κ2) is 12.8. The molecule has 1 aromatic carbocycles. The highest BCUT2D eigenvalue weighted by Crippen LogP contribution is 2.09. The van der Waals surface area contributed by atoms with Crippen molar-refractivity contribution < 1.29 is 19.1 Å². The summed E-state index contributed by atoms with van der Waals surface area (Å²) in [5, 5.41) is 5.15. The average Bonchev–Trinajstić information content (AvgIpc) is 2.73. The van der Waals surface area contributed by atoms with E-state index in [1.807, 2.05) is 44.2 Å². The zero-order valence-electron chi connectivity index (χ0n) is 17.8. The van der Waals surface area contributed by atoms with Crippen molar-refractivity contribution in [1.29, 1.82) is 0 Å². The topological polar surface area (TPSA) is 106 Å². The minimum Gasteiger partial charge on any atom is -0.378 e. The second-order valence-electron chi connectivity index (χ2n) is 7.84. The fourth-order valence-corrected chi connectivity index (χ4v) is 3.26. The van der Waals surface area contributed by atoms with Crippen LogP contribution in [0.3, 0.4) is 0 Å². The van der Waals surface area contributed by atoms with Crippen LogP contribution in [0.1, 0.15) is 25.8 Å². The lowest BCUT2D eigenvalue weighted by atomic mass is 10.0. The Kier molecular flexibility index (Phi) is 10.4. The zero-order valence-corrected chi connectivity index (χ0v) is 18.6. The third-order valence-electron chi connectivity index (χ3n) is 4.77. The number of urea groups is 1. The summed E-state index contributed by atoms with van der Waals surface area (Å²) in [4.78, 5) is 27.2. The van der Waals surface area contributed by atoms with E-state index in [2.05, 4.69) is 23.3 Å². The van der Waals surface area contributed by atoms with Gasteiger partial charge < -0.3 is 30.7 Å². The number of hydrogen-bond acceptors (Lipinski definition) is 6. The molecule has 1 aliphatic heterocycles. The van der Waals surface area contributed by atoms with E-state index in [1.165, 1.54) is 0 Å². The van der Waals surface area contributed by atoms with Crippen LogP contribution in [0.25, 0.3) is 0 Å². The largest absolute Gasteiger partial charge is 0.378 e. The maximum Gasteiger partial charge on any atom is 0.318 e. The Bertz CT molecular complexity index is 654. The number of benzene rings is 1. The SMILES string of the molecule is CC(C)C[C@H](NC(=O)N1CCOCC1)C(=O)N[C@@H](COCc1ccccc1)C(N)S. The fourth-order valence-electron chi connectivity index (χ4n) is 3.10. The molecular weight excluding hydrogens is 404 g/mol. The van der Waals surface area contributed by atoms with Crippen LogP contribution in [-0.4, -0.2) is 67.2 Å². The number of ether oxygens (including phenoxy) is 2. The third kappa shape index (κ3) is 8.51. The van der Waals surface area contributed by atoms with Gasteiger partial charge >= 0.3 is 6.03 Å². The first-order chi connectivity index (χ1) is 14.4. The van der Waals surface area contributed by atoms with Gasteiger partial charge in [-0.05, 0) is 17.9 Å². The number of nitrogens with two attached hydrogens (primary N) is 1. The van der Waals surface area contributed by atoms with Gasteiger partial charge in [-0.25, -0.2) is 4.79 Å². The van der Waals surface area contributed by atoms with Gasteiger partial charge in [-0.2, -0.15) is 12.6 Å². The van der Waals surface area contributed by atoms with Gasteiger partial charge in [0.25, 0.3) is 0 Å². The quantitative estimate of drug-likeness (QED) is 0.326. The molecule has 1 aromatic rings. The van der Waals surface area contributed by atoms with Crippen LogP contribution in [0.15, 0.2) is 30.3 Å². The van der Waals surface area contributed by atoms with E-state index in [0.717, 1.165) is 5.56 Å². The molecule has 0 saturated carbocycles. The van der Waals surface area contributed by atoms with Gasteiger partial charge in [-0.15, -0.1) is 0 Å². The number of nitrogens with zero attached hydrogens (tertiary/aromatic N) is 1. The summed E-state index contributed by atoms with van der Waals surface area (Å²) in [6.07, 6.45) is 0.515. The van der Waals surface area contributed by atoms with Crippen LogP contribution in [0.2, 0.25) is 0 Å². The van der Waals surface area contributed by atoms with Gasteiger partial charge in [0, 0.05) is 13.1 Å². The van der Waals surface area contributed by atoms with Crippen molar-refractivity contribution in [3.63, 3.8) is 0 Å². The summed E-state index contributed by atoms with van der Waals surface area (Å²) in [6.45, 7) is 6.68. The molecule has 3 atom stereocenters. The first-order valence-electron chi connectivity index (χ1n) is 10.4. The van der Waals surface area contributed by atoms with Crippen molar-refractivity contribution in [2.75, 3.05) is 32.9 Å². The number of amides is 3. The molecule has 9 heteroatoms. The van der Waals surface area contributed by atoms with Crippen molar-refractivity contribution in [3.05, 3.63) is 35.9 Å². The van der Waals surface area contributed by atoms with E-state index >= 15 is 0 Å². The van der Waals surface area contributed by atoms with Crippen molar-refractivity contribution in [1.82, 2.24) is 15.5 Å². The molecule has 30 heavy (non-hydrogen) atoms. The van der Waals surface area contributed by atoms with E-state index < -0.39 is 17.5 Å². The van der Waals surface area contributed by atoms with Gasteiger partial charge in [0.15, 0.2) is 0 Å². The Morgan fingerprint density at radius 3 is 2.47 bits per heavy atom. The third-order valence-corrected chi connectivity index (χ3v) is 5.13. The summed E-state index contributed by atoms with van der Waals surface area (Å²) in [6, 6.07) is 8.35. The van der Waals surface area contributed by atoms with E-state index in [1.54, 1.807) is 4.90 Å². The van der Waals surface area contributed by atoms with E-state index in [9.17, 15) is 9.59 Å². The van der Waals surface area contributed by atoms with Crippen LogP contribution in [0.4, 0.5) is 4.79 Å². The Morgan fingerprint density at radius 2 is 1.87 bits per heavy atom. The predicted octanol–water partition coefficient (Wildman–Crippen LogP) is 1.36. The monoisotopic (exact) mass is 438 g/mol. The minimum absolute atomic E-state index is 0.219. The summed E-state index contributed by atoms with van der Waals surface area (Å²) in [7, 11) is 0. The van der Waals surface area contributed by atoms with Crippen molar-refractivity contribution in [2.45, 2.75) is 44.3 Å². The van der Waals surface area contributed by atoms with E-state index in [4.69, 9.17) is 15.2 Å². The first-order valence-corrected chi connectivity index (χ1v) is 10.9. The molecule has 1 saturated heterocycles. The molecule has 3 amide bonds. The Hall–Kier alpha value is -1.81. The van der Waals surface area contributed by atoms with Crippen LogP contribution in [-0.2, 0) is 20.9 Å². The summed E-state index contributed by atoms with van der Waals surface area (Å²) >= 11 is 4.29. The Balaban J connectivity index is 1.91. The van der Waals surface area contributed by atoms with E-state index in [-0.39, 0.29) is 24.5 Å². The molecule has 1 fully saturated rings. The highest BCUT2D eigenvalue weighted by Gasteiger charge is 2.28. The van der Waals surface area contributed by atoms with E-state index in [0.29, 0.717) is 39.3 Å². The highest BCUT2D eigenvalue weighted by atomic mass is 32.1. The number of nitrogens with one attached hydrogen (secondary N) is 2. The number of thiol groups is 1. The summed E-state index contributed by atoms with van der Waals surface area (Å²) in [5.74, 6) is -0.0636.